The summed E-state index contributed by atoms with van der Waals surface area (Å²) >= 11 is 0. The first-order chi connectivity index (χ1) is 10.3. The highest BCUT2D eigenvalue weighted by Crippen LogP contribution is 2.27. The van der Waals surface area contributed by atoms with Crippen LogP contribution >= 0.6 is 0 Å². The molecule has 1 saturated carbocycles. The zero-order valence-electron chi connectivity index (χ0n) is 13.2. The molecule has 0 heterocycles. The third-order valence-corrected chi connectivity index (χ3v) is 3.65. The molecule has 0 aliphatic heterocycles. The van der Waals surface area contributed by atoms with Gasteiger partial charge in [0.15, 0.2) is 5.96 Å². The molecule has 0 amide bonds. The van der Waals surface area contributed by atoms with Crippen LogP contribution < -0.4 is 10.6 Å². The van der Waals surface area contributed by atoms with Gasteiger partial charge in [0.05, 0.1) is 6.61 Å². The van der Waals surface area contributed by atoms with Gasteiger partial charge in [0, 0.05) is 26.7 Å². The minimum absolute atomic E-state index is 0.680. The standard InChI is InChI=1S/C17H27N3O/c1-3-10-21-13-16-7-5-4-6-15(16)12-20-17(18-2)19-11-14-8-9-14/h4-7,14H,3,8-13H2,1-2H3,(H2,18,19,20). The molecule has 2 N–H and O–H groups in total. The van der Waals surface area contributed by atoms with E-state index < -0.39 is 0 Å². The maximum atomic E-state index is 5.66. The topological polar surface area (TPSA) is 45.6 Å². The highest BCUT2D eigenvalue weighted by atomic mass is 16.5. The zero-order chi connectivity index (χ0) is 14.9. The molecule has 1 fully saturated rings. The van der Waals surface area contributed by atoms with Crippen LogP contribution in [0.25, 0.3) is 0 Å². The van der Waals surface area contributed by atoms with Gasteiger partial charge in [0.1, 0.15) is 0 Å². The van der Waals surface area contributed by atoms with Crippen LogP contribution in [0.15, 0.2) is 29.3 Å². The Hall–Kier alpha value is -1.55. The predicted molar refractivity (Wildman–Crippen MR) is 87.3 cm³/mol. The first kappa shape index (κ1) is 15.8. The van der Waals surface area contributed by atoms with Gasteiger partial charge in [0.25, 0.3) is 0 Å². The van der Waals surface area contributed by atoms with Crippen molar-refractivity contribution in [2.24, 2.45) is 10.9 Å². The molecule has 0 radical (unpaired) electrons. The molecular weight excluding hydrogens is 262 g/mol. The normalized spacial score (nSPS) is 15.0. The molecular formula is C17H27N3O. The molecule has 0 atom stereocenters. The molecule has 1 aromatic carbocycles. The Morgan fingerprint density at radius 3 is 2.67 bits per heavy atom. The molecule has 1 aromatic rings. The van der Waals surface area contributed by atoms with E-state index in [4.69, 9.17) is 4.74 Å². The second kappa shape index (κ2) is 8.67. The van der Waals surface area contributed by atoms with Gasteiger partial charge in [-0.05, 0) is 36.3 Å². The van der Waals surface area contributed by atoms with Crippen LogP contribution in [0.5, 0.6) is 0 Å². The third kappa shape index (κ3) is 5.76. The maximum Gasteiger partial charge on any atom is 0.191 e. The predicted octanol–water partition coefficient (Wildman–Crippen LogP) is 2.69. The van der Waals surface area contributed by atoms with E-state index in [0.29, 0.717) is 6.61 Å². The van der Waals surface area contributed by atoms with E-state index in [-0.39, 0.29) is 0 Å². The number of guanidine groups is 1. The lowest BCUT2D eigenvalue weighted by Gasteiger charge is -2.14. The van der Waals surface area contributed by atoms with Crippen molar-refractivity contribution in [2.45, 2.75) is 39.3 Å². The van der Waals surface area contributed by atoms with Crippen molar-refractivity contribution in [3.63, 3.8) is 0 Å². The smallest absolute Gasteiger partial charge is 0.191 e. The van der Waals surface area contributed by atoms with E-state index in [0.717, 1.165) is 38.0 Å². The summed E-state index contributed by atoms with van der Waals surface area (Å²) < 4.78 is 5.66. The summed E-state index contributed by atoms with van der Waals surface area (Å²) in [6.07, 6.45) is 3.75. The molecule has 0 unspecified atom stereocenters. The van der Waals surface area contributed by atoms with Crippen LogP contribution in [-0.4, -0.2) is 26.2 Å². The van der Waals surface area contributed by atoms with E-state index in [1.54, 1.807) is 0 Å². The molecule has 0 spiro atoms. The summed E-state index contributed by atoms with van der Waals surface area (Å²) in [4.78, 5) is 4.27. The Morgan fingerprint density at radius 1 is 1.24 bits per heavy atom. The molecule has 2 rings (SSSR count). The average molecular weight is 289 g/mol. The lowest BCUT2D eigenvalue weighted by Crippen LogP contribution is -2.38. The molecule has 4 heteroatoms. The Morgan fingerprint density at radius 2 is 2.00 bits per heavy atom. The Labute approximate surface area is 128 Å². The fourth-order valence-corrected chi connectivity index (χ4v) is 2.16. The monoisotopic (exact) mass is 289 g/mol. The summed E-state index contributed by atoms with van der Waals surface area (Å²) in [5, 5.41) is 6.76. The second-order valence-electron chi connectivity index (χ2n) is 5.57. The summed E-state index contributed by atoms with van der Waals surface area (Å²) in [7, 11) is 1.82. The summed E-state index contributed by atoms with van der Waals surface area (Å²) in [5.74, 6) is 1.73. The van der Waals surface area contributed by atoms with Crippen LogP contribution in [0.3, 0.4) is 0 Å². The lowest BCUT2D eigenvalue weighted by molar-refractivity contribution is 0.121. The van der Waals surface area contributed by atoms with E-state index in [2.05, 4.69) is 46.8 Å². The largest absolute Gasteiger partial charge is 0.377 e. The number of hydrogen-bond acceptors (Lipinski definition) is 2. The first-order valence-corrected chi connectivity index (χ1v) is 7.92. The summed E-state index contributed by atoms with van der Waals surface area (Å²) in [6, 6.07) is 8.41. The molecule has 0 bridgehead atoms. The molecule has 116 valence electrons. The molecule has 0 saturated heterocycles. The number of nitrogens with one attached hydrogen (secondary N) is 2. The quantitative estimate of drug-likeness (QED) is 0.439. The zero-order valence-corrected chi connectivity index (χ0v) is 13.2. The number of hydrogen-bond donors (Lipinski definition) is 2. The number of rotatable bonds is 8. The van der Waals surface area contributed by atoms with Crippen LogP contribution in [0.4, 0.5) is 0 Å². The van der Waals surface area contributed by atoms with E-state index >= 15 is 0 Å². The highest BCUT2D eigenvalue weighted by Gasteiger charge is 2.21. The molecule has 21 heavy (non-hydrogen) atoms. The van der Waals surface area contributed by atoms with Crippen molar-refractivity contribution in [3.05, 3.63) is 35.4 Å². The average Bonchev–Trinajstić information content (AvgIpc) is 3.33. The second-order valence-corrected chi connectivity index (χ2v) is 5.57. The van der Waals surface area contributed by atoms with Crippen LogP contribution in [0.1, 0.15) is 37.3 Å². The fraction of sp³-hybridized carbons (Fsp3) is 0.588. The van der Waals surface area contributed by atoms with Gasteiger partial charge < -0.3 is 15.4 Å². The van der Waals surface area contributed by atoms with Crippen molar-refractivity contribution >= 4 is 5.96 Å². The van der Waals surface area contributed by atoms with E-state index in [9.17, 15) is 0 Å². The fourth-order valence-electron chi connectivity index (χ4n) is 2.16. The Kier molecular flexibility index (Phi) is 6.54. The maximum absolute atomic E-state index is 5.66. The Bertz CT molecular complexity index is 455. The van der Waals surface area contributed by atoms with Crippen molar-refractivity contribution in [1.82, 2.24) is 10.6 Å². The van der Waals surface area contributed by atoms with E-state index in [1.807, 2.05) is 7.05 Å². The number of nitrogens with zero attached hydrogens (tertiary/aromatic N) is 1. The molecule has 1 aliphatic carbocycles. The van der Waals surface area contributed by atoms with E-state index in [1.165, 1.54) is 24.0 Å². The van der Waals surface area contributed by atoms with Gasteiger partial charge in [-0.1, -0.05) is 31.2 Å². The SMILES string of the molecule is CCCOCc1ccccc1CNC(=NC)NCC1CC1. The van der Waals surface area contributed by atoms with Crippen molar-refractivity contribution in [2.75, 3.05) is 20.2 Å². The Balaban J connectivity index is 1.82. The number of benzene rings is 1. The first-order valence-electron chi connectivity index (χ1n) is 7.92. The number of ether oxygens (including phenoxy) is 1. The van der Waals surface area contributed by atoms with Crippen molar-refractivity contribution in [1.29, 1.82) is 0 Å². The minimum atomic E-state index is 0.680. The van der Waals surface area contributed by atoms with Crippen LogP contribution in [-0.2, 0) is 17.9 Å². The van der Waals surface area contributed by atoms with Crippen molar-refractivity contribution < 1.29 is 4.74 Å². The van der Waals surface area contributed by atoms with Gasteiger partial charge in [-0.25, -0.2) is 0 Å². The van der Waals surface area contributed by atoms with Crippen LogP contribution in [0.2, 0.25) is 0 Å². The lowest BCUT2D eigenvalue weighted by atomic mass is 10.1. The molecule has 0 aromatic heterocycles. The highest BCUT2D eigenvalue weighted by molar-refractivity contribution is 5.79. The molecule has 1 aliphatic rings. The third-order valence-electron chi connectivity index (χ3n) is 3.65. The van der Waals surface area contributed by atoms with Gasteiger partial charge in [-0.15, -0.1) is 0 Å². The van der Waals surface area contributed by atoms with Crippen molar-refractivity contribution in [3.8, 4) is 0 Å². The summed E-state index contributed by atoms with van der Waals surface area (Å²) in [6.45, 7) is 5.42. The molecule has 4 nitrogen and oxygen atoms in total. The van der Waals surface area contributed by atoms with Gasteiger partial charge in [0.2, 0.25) is 0 Å². The van der Waals surface area contributed by atoms with Gasteiger partial charge in [-0.2, -0.15) is 0 Å². The minimum Gasteiger partial charge on any atom is -0.377 e. The van der Waals surface area contributed by atoms with Gasteiger partial charge in [-0.3, -0.25) is 4.99 Å². The summed E-state index contributed by atoms with van der Waals surface area (Å²) in [5.41, 5.74) is 2.51. The number of aliphatic imine (C=N–C) groups is 1. The van der Waals surface area contributed by atoms with Crippen LogP contribution in [0, 0.1) is 5.92 Å². The van der Waals surface area contributed by atoms with Gasteiger partial charge >= 0.3 is 0 Å².